The Labute approximate surface area is 97.2 Å². The number of carbonyl (C=O) groups excluding carboxylic acids is 2. The molecule has 1 rings (SSSR count). The van der Waals surface area contributed by atoms with Crippen LogP contribution in [-0.2, 0) is 9.59 Å². The fourth-order valence-electron chi connectivity index (χ4n) is 1.29. The Morgan fingerprint density at radius 2 is 2.38 bits per heavy atom. The molecule has 1 atom stereocenters. The Morgan fingerprint density at radius 3 is 2.88 bits per heavy atom. The summed E-state index contributed by atoms with van der Waals surface area (Å²) in [6, 6.07) is 1.27. The third kappa shape index (κ3) is 2.67. The van der Waals surface area contributed by atoms with Gasteiger partial charge in [-0.05, 0) is 18.4 Å². The first-order valence-electron chi connectivity index (χ1n) is 4.60. The predicted octanol–water partition coefficient (Wildman–Crippen LogP) is -0.952. The lowest BCUT2D eigenvalue weighted by molar-refractivity contribution is -0.120. The minimum atomic E-state index is -0.851. The van der Waals surface area contributed by atoms with Gasteiger partial charge in [0.1, 0.15) is 17.9 Å². The maximum absolute atomic E-state index is 11.5. The van der Waals surface area contributed by atoms with Crippen molar-refractivity contribution >= 4 is 23.6 Å². The van der Waals surface area contributed by atoms with Crippen LogP contribution in [0.4, 0.5) is 0 Å². The number of hydrogen-bond acceptors (Lipinski definition) is 5. The molecule has 0 bridgehead atoms. The van der Waals surface area contributed by atoms with E-state index in [9.17, 15) is 9.59 Å². The van der Waals surface area contributed by atoms with E-state index in [1.54, 1.807) is 17.8 Å². The molecule has 4 N–H and O–H groups in total. The second kappa shape index (κ2) is 5.42. The second-order valence-electron chi connectivity index (χ2n) is 3.19. The van der Waals surface area contributed by atoms with Gasteiger partial charge in [0.15, 0.2) is 5.57 Å². The molecule has 0 aliphatic carbocycles. The molecule has 1 saturated heterocycles. The molecule has 1 aliphatic heterocycles. The van der Waals surface area contributed by atoms with E-state index in [-0.39, 0.29) is 17.3 Å². The lowest BCUT2D eigenvalue weighted by atomic mass is 10.2. The van der Waals surface area contributed by atoms with Gasteiger partial charge >= 0.3 is 0 Å². The molecule has 86 valence electrons. The Hall–Kier alpha value is -1.68. The molecule has 0 aromatic carbocycles. The number of nitrogens with zero attached hydrogens (tertiary/aromatic N) is 1. The number of thioether (sulfide) groups is 1. The lowest BCUT2D eigenvalue weighted by Gasteiger charge is -2.06. The van der Waals surface area contributed by atoms with Crippen LogP contribution in [0.2, 0.25) is 0 Å². The second-order valence-corrected chi connectivity index (χ2v) is 4.18. The van der Waals surface area contributed by atoms with Gasteiger partial charge in [0, 0.05) is 0 Å². The number of amides is 2. The lowest BCUT2D eigenvalue weighted by Crippen LogP contribution is -2.28. The standard InChI is InChI=1S/C9H12N4O2S/c1-16-3-2-6-9(15)13-8(12-6)5(4-10)7(11)14/h6,12H,2-3H2,1H3,(H2,11,14)(H,13,15)/b8-5+/t6-/m1/s1. The van der Waals surface area contributed by atoms with E-state index in [1.165, 1.54) is 0 Å². The average molecular weight is 240 g/mol. The van der Waals surface area contributed by atoms with E-state index in [4.69, 9.17) is 11.0 Å². The first kappa shape index (κ1) is 12.4. The largest absolute Gasteiger partial charge is 0.365 e. The highest BCUT2D eigenvalue weighted by Crippen LogP contribution is 2.10. The molecule has 0 saturated carbocycles. The smallest absolute Gasteiger partial charge is 0.263 e. The number of carbonyl (C=O) groups is 2. The maximum Gasteiger partial charge on any atom is 0.263 e. The summed E-state index contributed by atoms with van der Waals surface area (Å²) in [6.07, 6.45) is 2.57. The summed E-state index contributed by atoms with van der Waals surface area (Å²) in [5.74, 6) is -0.156. The van der Waals surface area contributed by atoms with E-state index < -0.39 is 11.9 Å². The SMILES string of the molecule is CSCC[C@H]1N/C(=C(/C#N)C(N)=O)NC1=O. The van der Waals surface area contributed by atoms with Crippen LogP contribution in [-0.4, -0.2) is 29.9 Å². The Balaban J connectivity index is 2.80. The zero-order chi connectivity index (χ0) is 12.1. The number of nitrogens with one attached hydrogen (secondary N) is 2. The zero-order valence-electron chi connectivity index (χ0n) is 8.74. The first-order valence-corrected chi connectivity index (χ1v) is 6.00. The average Bonchev–Trinajstić information content (AvgIpc) is 2.57. The van der Waals surface area contributed by atoms with E-state index in [1.807, 2.05) is 6.26 Å². The molecule has 1 heterocycles. The molecule has 0 radical (unpaired) electrons. The molecule has 0 aromatic rings. The van der Waals surface area contributed by atoms with Crippen LogP contribution >= 0.6 is 11.8 Å². The van der Waals surface area contributed by atoms with E-state index >= 15 is 0 Å². The molecule has 0 spiro atoms. The van der Waals surface area contributed by atoms with Crippen molar-refractivity contribution in [2.24, 2.45) is 5.73 Å². The minimum Gasteiger partial charge on any atom is -0.365 e. The van der Waals surface area contributed by atoms with Crippen LogP contribution < -0.4 is 16.4 Å². The molecule has 16 heavy (non-hydrogen) atoms. The monoisotopic (exact) mass is 240 g/mol. The van der Waals surface area contributed by atoms with Crippen LogP contribution in [0.15, 0.2) is 11.4 Å². The fourth-order valence-corrected chi connectivity index (χ4v) is 1.77. The number of primary amides is 1. The molecular formula is C9H12N4O2S. The van der Waals surface area contributed by atoms with Crippen molar-refractivity contribution in [1.82, 2.24) is 10.6 Å². The summed E-state index contributed by atoms with van der Waals surface area (Å²) >= 11 is 1.62. The number of nitriles is 1. The normalized spacial score (nSPS) is 22.0. The van der Waals surface area contributed by atoms with Crippen molar-refractivity contribution in [2.45, 2.75) is 12.5 Å². The van der Waals surface area contributed by atoms with Gasteiger partial charge < -0.3 is 16.4 Å². The highest BCUT2D eigenvalue weighted by Gasteiger charge is 2.29. The van der Waals surface area contributed by atoms with Crippen molar-refractivity contribution in [1.29, 1.82) is 5.26 Å². The van der Waals surface area contributed by atoms with Gasteiger partial charge in [-0.3, -0.25) is 9.59 Å². The van der Waals surface area contributed by atoms with Crippen LogP contribution in [0.25, 0.3) is 0 Å². The van der Waals surface area contributed by atoms with Gasteiger partial charge in [-0.15, -0.1) is 0 Å². The highest BCUT2D eigenvalue weighted by molar-refractivity contribution is 7.98. The van der Waals surface area contributed by atoms with Gasteiger partial charge in [0.25, 0.3) is 5.91 Å². The molecule has 1 aliphatic rings. The molecule has 1 fully saturated rings. The fraction of sp³-hybridized carbons (Fsp3) is 0.444. The van der Waals surface area contributed by atoms with Crippen LogP contribution in [0.3, 0.4) is 0 Å². The molecule has 0 aromatic heterocycles. The summed E-state index contributed by atoms with van der Waals surface area (Å²) in [4.78, 5) is 22.3. The molecule has 0 unspecified atom stereocenters. The maximum atomic E-state index is 11.5. The topological polar surface area (TPSA) is 108 Å². The molecular weight excluding hydrogens is 228 g/mol. The molecule has 2 amide bonds. The Morgan fingerprint density at radius 1 is 1.69 bits per heavy atom. The Bertz CT molecular complexity index is 385. The van der Waals surface area contributed by atoms with Crippen molar-refractivity contribution in [3.63, 3.8) is 0 Å². The minimum absolute atomic E-state index is 0.117. The van der Waals surface area contributed by atoms with Gasteiger partial charge in [0.05, 0.1) is 0 Å². The summed E-state index contributed by atoms with van der Waals surface area (Å²) < 4.78 is 0. The third-order valence-corrected chi connectivity index (χ3v) is 2.75. The van der Waals surface area contributed by atoms with Gasteiger partial charge in [-0.25, -0.2) is 0 Å². The first-order chi connectivity index (χ1) is 7.60. The number of rotatable bonds is 4. The van der Waals surface area contributed by atoms with Crippen LogP contribution in [0.5, 0.6) is 0 Å². The van der Waals surface area contributed by atoms with Crippen LogP contribution in [0.1, 0.15) is 6.42 Å². The highest BCUT2D eigenvalue weighted by atomic mass is 32.2. The third-order valence-electron chi connectivity index (χ3n) is 2.10. The van der Waals surface area contributed by atoms with E-state index in [0.717, 1.165) is 5.75 Å². The van der Waals surface area contributed by atoms with Crippen molar-refractivity contribution in [2.75, 3.05) is 12.0 Å². The molecule has 7 heteroatoms. The number of hydrogen-bond donors (Lipinski definition) is 3. The van der Waals surface area contributed by atoms with E-state index in [2.05, 4.69) is 10.6 Å². The quantitative estimate of drug-likeness (QED) is 0.433. The summed E-state index contributed by atoms with van der Waals surface area (Å²) in [6.45, 7) is 0. The van der Waals surface area contributed by atoms with Crippen molar-refractivity contribution < 1.29 is 9.59 Å². The summed E-state index contributed by atoms with van der Waals surface area (Å²) in [5.41, 5.74) is 4.75. The summed E-state index contributed by atoms with van der Waals surface area (Å²) in [5, 5.41) is 13.9. The Kier molecular flexibility index (Phi) is 4.19. The van der Waals surface area contributed by atoms with Gasteiger partial charge in [-0.1, -0.05) is 0 Å². The van der Waals surface area contributed by atoms with Gasteiger partial charge in [-0.2, -0.15) is 17.0 Å². The van der Waals surface area contributed by atoms with Gasteiger partial charge in [0.2, 0.25) is 5.91 Å². The predicted molar refractivity (Wildman–Crippen MR) is 59.9 cm³/mol. The van der Waals surface area contributed by atoms with Crippen molar-refractivity contribution in [3.05, 3.63) is 11.4 Å². The summed E-state index contributed by atoms with van der Waals surface area (Å²) in [7, 11) is 0. The molecule has 6 nitrogen and oxygen atoms in total. The zero-order valence-corrected chi connectivity index (χ0v) is 9.56. The van der Waals surface area contributed by atoms with Crippen molar-refractivity contribution in [3.8, 4) is 6.07 Å². The van der Waals surface area contributed by atoms with E-state index in [0.29, 0.717) is 6.42 Å². The number of nitrogens with two attached hydrogens (primary N) is 1. The van der Waals surface area contributed by atoms with Crippen LogP contribution in [0, 0.1) is 11.3 Å².